The van der Waals surface area contributed by atoms with Crippen LogP contribution in [0.3, 0.4) is 0 Å². The maximum Gasteiger partial charge on any atom is 0.309 e. The number of rotatable bonds is 1. The summed E-state index contributed by atoms with van der Waals surface area (Å²) >= 11 is 0. The highest BCUT2D eigenvalue weighted by Crippen LogP contribution is 2.50. The van der Waals surface area contributed by atoms with Crippen molar-refractivity contribution < 1.29 is 24.2 Å². The first-order valence-electron chi connectivity index (χ1n) is 7.71. The quantitative estimate of drug-likeness (QED) is 0.747. The van der Waals surface area contributed by atoms with Crippen molar-refractivity contribution in [3.05, 3.63) is 23.3 Å². The second-order valence-corrected chi connectivity index (χ2v) is 6.89. The van der Waals surface area contributed by atoms with Crippen LogP contribution in [0, 0.1) is 17.8 Å². The summed E-state index contributed by atoms with van der Waals surface area (Å²) in [7, 11) is 0. The summed E-state index contributed by atoms with van der Waals surface area (Å²) in [6, 6.07) is 0. The molecule has 0 bridgehead atoms. The van der Waals surface area contributed by atoms with Gasteiger partial charge in [0.05, 0.1) is 17.4 Å². The molecule has 0 unspecified atom stereocenters. The van der Waals surface area contributed by atoms with Crippen LogP contribution in [0.15, 0.2) is 23.3 Å². The number of carbonyl (C=O) groups is 2. The third-order valence-electron chi connectivity index (χ3n) is 5.22. The van der Waals surface area contributed by atoms with Gasteiger partial charge < -0.3 is 14.6 Å². The van der Waals surface area contributed by atoms with Crippen molar-refractivity contribution in [2.24, 2.45) is 17.8 Å². The van der Waals surface area contributed by atoms with Crippen LogP contribution < -0.4 is 0 Å². The average molecular weight is 306 g/mol. The van der Waals surface area contributed by atoms with Crippen molar-refractivity contribution in [2.75, 3.05) is 0 Å². The summed E-state index contributed by atoms with van der Waals surface area (Å²) in [6.45, 7) is 6.90. The van der Waals surface area contributed by atoms with Crippen molar-refractivity contribution in [1.29, 1.82) is 0 Å². The van der Waals surface area contributed by atoms with E-state index in [1.807, 2.05) is 13.0 Å². The fourth-order valence-corrected chi connectivity index (χ4v) is 4.17. The highest BCUT2D eigenvalue weighted by Gasteiger charge is 2.57. The first-order chi connectivity index (χ1) is 10.2. The molecule has 1 saturated heterocycles. The van der Waals surface area contributed by atoms with Crippen LogP contribution in [0.5, 0.6) is 0 Å². The molecule has 3 aliphatic rings. The molecule has 3 rings (SSSR count). The monoisotopic (exact) mass is 306 g/mol. The molecule has 0 aromatic heterocycles. The molecule has 1 N–H and O–H groups in total. The fourth-order valence-electron chi connectivity index (χ4n) is 4.17. The summed E-state index contributed by atoms with van der Waals surface area (Å²) in [4.78, 5) is 23.5. The van der Waals surface area contributed by atoms with Crippen LogP contribution in [0.25, 0.3) is 0 Å². The molecule has 2 aliphatic carbocycles. The molecule has 1 heterocycles. The number of allylic oxidation sites excluding steroid dienone is 1. The number of carbonyl (C=O) groups excluding carboxylic acids is 2. The zero-order valence-corrected chi connectivity index (χ0v) is 13.3. The highest BCUT2D eigenvalue weighted by molar-refractivity contribution is 5.75. The van der Waals surface area contributed by atoms with Crippen LogP contribution in [0.2, 0.25) is 0 Å². The lowest BCUT2D eigenvalue weighted by Gasteiger charge is -2.34. The molecular formula is C17H22O5. The van der Waals surface area contributed by atoms with Crippen LogP contribution in [-0.4, -0.2) is 34.9 Å². The predicted octanol–water partition coefficient (Wildman–Crippen LogP) is 1.75. The number of ether oxygens (including phenoxy) is 2. The molecule has 0 amide bonds. The SMILES string of the molecule is CC(=O)O[C@@H]1CC(C)=C2C=C[C@@](C)(O)[C@@H]2[C@@H]2OC(=O)[C@@H](C)[C@H]21. The van der Waals surface area contributed by atoms with Gasteiger partial charge in [-0.05, 0) is 19.4 Å². The molecule has 1 fully saturated rings. The van der Waals surface area contributed by atoms with Gasteiger partial charge in [-0.15, -0.1) is 0 Å². The largest absolute Gasteiger partial charge is 0.462 e. The van der Waals surface area contributed by atoms with Crippen LogP contribution >= 0.6 is 0 Å². The number of hydrogen-bond donors (Lipinski definition) is 1. The lowest BCUT2D eigenvalue weighted by atomic mass is 9.76. The van der Waals surface area contributed by atoms with E-state index in [2.05, 4.69) is 0 Å². The number of hydrogen-bond acceptors (Lipinski definition) is 5. The molecule has 5 nitrogen and oxygen atoms in total. The maximum absolute atomic E-state index is 12.1. The topological polar surface area (TPSA) is 72.8 Å². The van der Waals surface area contributed by atoms with E-state index >= 15 is 0 Å². The highest BCUT2D eigenvalue weighted by atomic mass is 16.6. The van der Waals surface area contributed by atoms with E-state index in [-0.39, 0.29) is 29.7 Å². The van der Waals surface area contributed by atoms with Crippen molar-refractivity contribution >= 4 is 11.9 Å². The first kappa shape index (κ1) is 15.3. The van der Waals surface area contributed by atoms with Gasteiger partial charge in [0.1, 0.15) is 12.2 Å². The number of esters is 2. The Bertz CT molecular complexity index is 586. The summed E-state index contributed by atoms with van der Waals surface area (Å²) in [6.07, 6.45) is 3.37. The molecule has 0 spiro atoms. The van der Waals surface area contributed by atoms with Crippen molar-refractivity contribution in [3.63, 3.8) is 0 Å². The Balaban J connectivity index is 2.07. The van der Waals surface area contributed by atoms with Gasteiger partial charge in [0.25, 0.3) is 0 Å². The molecule has 0 aromatic rings. The predicted molar refractivity (Wildman–Crippen MR) is 78.7 cm³/mol. The van der Waals surface area contributed by atoms with Crippen molar-refractivity contribution in [3.8, 4) is 0 Å². The Labute approximate surface area is 130 Å². The number of fused-ring (bicyclic) bond motifs is 3. The van der Waals surface area contributed by atoms with E-state index in [4.69, 9.17) is 9.47 Å². The van der Waals surface area contributed by atoms with Crippen LogP contribution in [0.4, 0.5) is 0 Å². The third-order valence-corrected chi connectivity index (χ3v) is 5.22. The summed E-state index contributed by atoms with van der Waals surface area (Å²) in [5.74, 6) is -1.53. The lowest BCUT2D eigenvalue weighted by Crippen LogP contribution is -2.44. The molecule has 5 heteroatoms. The maximum atomic E-state index is 12.1. The van der Waals surface area contributed by atoms with Crippen molar-refractivity contribution in [2.45, 2.75) is 51.9 Å². The normalized spacial score (nSPS) is 43.5. The first-order valence-corrected chi connectivity index (χ1v) is 7.71. The van der Waals surface area contributed by atoms with Gasteiger partial charge in [0, 0.05) is 19.3 Å². The van der Waals surface area contributed by atoms with Gasteiger partial charge in [-0.25, -0.2) is 0 Å². The Morgan fingerprint density at radius 1 is 1.50 bits per heavy atom. The third kappa shape index (κ3) is 2.19. The second-order valence-electron chi connectivity index (χ2n) is 6.89. The summed E-state index contributed by atoms with van der Waals surface area (Å²) in [5.41, 5.74) is 1.01. The molecule has 0 radical (unpaired) electrons. The van der Waals surface area contributed by atoms with Gasteiger partial charge in [-0.2, -0.15) is 0 Å². The van der Waals surface area contributed by atoms with E-state index in [1.54, 1.807) is 19.9 Å². The molecule has 0 saturated carbocycles. The standard InChI is InChI=1S/C17H22O5/c1-8-7-12(21-10(3)18)13-9(2)16(19)22-15(13)14-11(8)5-6-17(14,4)20/h5-6,9,12-15,20H,7H2,1-4H3/t9-,12+,13-,14-,15+,17+/m0/s1. The van der Waals surface area contributed by atoms with E-state index in [1.165, 1.54) is 6.92 Å². The molecular weight excluding hydrogens is 284 g/mol. The molecule has 1 aliphatic heterocycles. The minimum Gasteiger partial charge on any atom is -0.462 e. The van der Waals surface area contributed by atoms with Crippen molar-refractivity contribution in [1.82, 2.24) is 0 Å². The van der Waals surface area contributed by atoms with Gasteiger partial charge in [-0.3, -0.25) is 9.59 Å². The van der Waals surface area contributed by atoms with Crippen LogP contribution in [0.1, 0.15) is 34.1 Å². The minimum absolute atomic E-state index is 0.236. The number of aliphatic hydroxyl groups is 1. The van der Waals surface area contributed by atoms with Gasteiger partial charge in [0.15, 0.2) is 0 Å². The summed E-state index contributed by atoms with van der Waals surface area (Å²) < 4.78 is 11.1. The zero-order chi connectivity index (χ0) is 16.2. The smallest absolute Gasteiger partial charge is 0.309 e. The van der Waals surface area contributed by atoms with E-state index in [0.29, 0.717) is 6.42 Å². The fraction of sp³-hybridized carbons (Fsp3) is 0.647. The van der Waals surface area contributed by atoms with E-state index < -0.39 is 17.8 Å². The average Bonchev–Trinajstić information content (AvgIpc) is 2.81. The minimum atomic E-state index is -1.06. The Kier molecular flexibility index (Phi) is 3.44. The zero-order valence-electron chi connectivity index (χ0n) is 13.3. The van der Waals surface area contributed by atoms with Gasteiger partial charge >= 0.3 is 11.9 Å². The van der Waals surface area contributed by atoms with E-state index in [0.717, 1.165) is 11.1 Å². The molecule has 120 valence electrons. The van der Waals surface area contributed by atoms with Crippen LogP contribution in [-0.2, 0) is 19.1 Å². The van der Waals surface area contributed by atoms with Gasteiger partial charge in [-0.1, -0.05) is 24.6 Å². The summed E-state index contributed by atoms with van der Waals surface area (Å²) in [5, 5.41) is 10.7. The Morgan fingerprint density at radius 3 is 2.82 bits per heavy atom. The van der Waals surface area contributed by atoms with E-state index in [9.17, 15) is 14.7 Å². The second kappa shape index (κ2) is 4.95. The molecule has 22 heavy (non-hydrogen) atoms. The lowest BCUT2D eigenvalue weighted by molar-refractivity contribution is -0.151. The Hall–Kier alpha value is -1.62. The molecule has 6 atom stereocenters. The Morgan fingerprint density at radius 2 is 2.18 bits per heavy atom. The van der Waals surface area contributed by atoms with Gasteiger partial charge in [0.2, 0.25) is 0 Å². The molecule has 0 aromatic carbocycles.